The smallest absolute Gasteiger partial charge is 0.227 e. The van der Waals surface area contributed by atoms with Crippen molar-refractivity contribution in [2.24, 2.45) is 5.92 Å². The summed E-state index contributed by atoms with van der Waals surface area (Å²) in [6, 6.07) is 21.1. The molecule has 0 radical (unpaired) electrons. The number of carbonyl (C=O) groups is 1. The molecule has 1 aromatic heterocycles. The van der Waals surface area contributed by atoms with Crippen LogP contribution in [0.5, 0.6) is 0 Å². The van der Waals surface area contributed by atoms with Gasteiger partial charge in [0.2, 0.25) is 5.91 Å². The van der Waals surface area contributed by atoms with E-state index in [0.29, 0.717) is 6.54 Å². The van der Waals surface area contributed by atoms with Crippen molar-refractivity contribution < 1.29 is 9.18 Å². The van der Waals surface area contributed by atoms with E-state index in [0.717, 1.165) is 74.7 Å². The van der Waals surface area contributed by atoms with Gasteiger partial charge in [0.05, 0.1) is 23.5 Å². The molecule has 7 heteroatoms. The summed E-state index contributed by atoms with van der Waals surface area (Å²) in [5.74, 6) is 0.956. The molecular weight excluding hydrogens is 489 g/mol. The van der Waals surface area contributed by atoms with Gasteiger partial charge in [-0.05, 0) is 86.8 Å². The second-order valence-corrected chi connectivity index (χ2v) is 10.9. The zero-order valence-corrected chi connectivity index (χ0v) is 22.8. The Hall–Kier alpha value is -3.71. The second kappa shape index (κ2) is 10.8. The van der Waals surface area contributed by atoms with E-state index in [1.54, 1.807) is 12.1 Å². The standard InChI is InChI=1S/C32H36FN5O/c1-23-7-5-11-29(24(23)2)36-17-19-37(20-18-36)32(39)25-8-6-16-35(21-25)22-31-34-28-9-3-4-10-30(28)38(31)27-14-12-26(33)13-15-27/h3-5,7,9-15,25H,6,8,16-22H2,1-2H3/t25-/m1/s1. The topological polar surface area (TPSA) is 44.6 Å². The third-order valence-corrected chi connectivity index (χ3v) is 8.44. The van der Waals surface area contributed by atoms with Crippen LogP contribution in [0.3, 0.4) is 0 Å². The number of hydrogen-bond donors (Lipinski definition) is 0. The van der Waals surface area contributed by atoms with Gasteiger partial charge in [0, 0.05) is 44.1 Å². The highest BCUT2D eigenvalue weighted by Crippen LogP contribution is 2.27. The van der Waals surface area contributed by atoms with E-state index in [2.05, 4.69) is 57.4 Å². The number of hydrogen-bond acceptors (Lipinski definition) is 4. The summed E-state index contributed by atoms with van der Waals surface area (Å²) in [6.45, 7) is 9.94. The highest BCUT2D eigenvalue weighted by molar-refractivity contribution is 5.80. The van der Waals surface area contributed by atoms with Crippen LogP contribution in [0.2, 0.25) is 0 Å². The minimum Gasteiger partial charge on any atom is -0.368 e. The summed E-state index contributed by atoms with van der Waals surface area (Å²) in [6.07, 6.45) is 1.93. The maximum Gasteiger partial charge on any atom is 0.227 e. The van der Waals surface area contributed by atoms with Crippen LogP contribution in [0, 0.1) is 25.6 Å². The summed E-state index contributed by atoms with van der Waals surface area (Å²) in [5.41, 5.74) is 6.74. The number of rotatable bonds is 5. The fourth-order valence-electron chi connectivity index (χ4n) is 6.17. The number of halogens is 1. The molecule has 0 saturated carbocycles. The Kier molecular flexibility index (Phi) is 7.09. The molecule has 3 heterocycles. The maximum absolute atomic E-state index is 13.7. The van der Waals surface area contributed by atoms with Crippen LogP contribution in [0.15, 0.2) is 66.7 Å². The Morgan fingerprint density at radius 1 is 0.923 bits per heavy atom. The number of piperidine rings is 1. The first-order valence-electron chi connectivity index (χ1n) is 14.0. The molecule has 6 nitrogen and oxygen atoms in total. The van der Waals surface area contributed by atoms with Gasteiger partial charge in [-0.3, -0.25) is 14.3 Å². The fraction of sp³-hybridized carbons (Fsp3) is 0.375. The van der Waals surface area contributed by atoms with E-state index in [1.807, 2.05) is 18.2 Å². The summed E-state index contributed by atoms with van der Waals surface area (Å²) in [5, 5.41) is 0. The normalized spacial score (nSPS) is 18.6. The van der Waals surface area contributed by atoms with E-state index in [-0.39, 0.29) is 17.6 Å². The number of aromatic nitrogens is 2. The second-order valence-electron chi connectivity index (χ2n) is 10.9. The van der Waals surface area contributed by atoms with Crippen molar-refractivity contribution >= 4 is 22.6 Å². The average molecular weight is 526 g/mol. The number of likely N-dealkylation sites (tertiary alicyclic amines) is 1. The van der Waals surface area contributed by atoms with Crippen molar-refractivity contribution in [1.82, 2.24) is 19.4 Å². The molecule has 2 aliphatic rings. The molecule has 2 fully saturated rings. The van der Waals surface area contributed by atoms with Gasteiger partial charge < -0.3 is 9.80 Å². The summed E-state index contributed by atoms with van der Waals surface area (Å²) in [7, 11) is 0. The molecule has 0 unspecified atom stereocenters. The van der Waals surface area contributed by atoms with Gasteiger partial charge in [-0.2, -0.15) is 0 Å². The molecule has 6 rings (SSSR count). The number of nitrogens with zero attached hydrogens (tertiary/aromatic N) is 5. The number of amides is 1. The van der Waals surface area contributed by atoms with Crippen LogP contribution in [0.1, 0.15) is 29.8 Å². The third-order valence-electron chi connectivity index (χ3n) is 8.44. The predicted molar refractivity (Wildman–Crippen MR) is 154 cm³/mol. The van der Waals surface area contributed by atoms with E-state index in [9.17, 15) is 9.18 Å². The Morgan fingerprint density at radius 2 is 1.69 bits per heavy atom. The number of para-hydroxylation sites is 2. The number of aryl methyl sites for hydroxylation is 1. The molecule has 0 bridgehead atoms. The quantitative estimate of drug-likeness (QED) is 0.353. The van der Waals surface area contributed by atoms with E-state index in [1.165, 1.54) is 28.9 Å². The van der Waals surface area contributed by atoms with Crippen LogP contribution in [-0.2, 0) is 11.3 Å². The predicted octanol–water partition coefficient (Wildman–Crippen LogP) is 5.34. The molecule has 202 valence electrons. The lowest BCUT2D eigenvalue weighted by Crippen LogP contribution is -2.52. The first kappa shape index (κ1) is 25.6. The third kappa shape index (κ3) is 5.15. The molecule has 0 aliphatic carbocycles. The van der Waals surface area contributed by atoms with Crippen LogP contribution >= 0.6 is 0 Å². The van der Waals surface area contributed by atoms with Gasteiger partial charge in [0.1, 0.15) is 11.6 Å². The van der Waals surface area contributed by atoms with Crippen LogP contribution < -0.4 is 4.90 Å². The number of anilines is 1. The van der Waals surface area contributed by atoms with Crippen molar-refractivity contribution in [3.63, 3.8) is 0 Å². The molecule has 39 heavy (non-hydrogen) atoms. The van der Waals surface area contributed by atoms with Crippen molar-refractivity contribution in [2.75, 3.05) is 44.2 Å². The van der Waals surface area contributed by atoms with E-state index < -0.39 is 0 Å². The van der Waals surface area contributed by atoms with Gasteiger partial charge in [0.15, 0.2) is 0 Å². The molecule has 1 amide bonds. The number of imidazole rings is 1. The summed E-state index contributed by atoms with van der Waals surface area (Å²) in [4.78, 5) is 25.4. The Morgan fingerprint density at radius 3 is 2.49 bits per heavy atom. The lowest BCUT2D eigenvalue weighted by atomic mass is 9.96. The molecular formula is C32H36FN5O. The van der Waals surface area contributed by atoms with Gasteiger partial charge in [0.25, 0.3) is 0 Å². The molecule has 2 aliphatic heterocycles. The van der Waals surface area contributed by atoms with Crippen molar-refractivity contribution in [2.45, 2.75) is 33.2 Å². The zero-order chi connectivity index (χ0) is 26.9. The highest BCUT2D eigenvalue weighted by atomic mass is 19.1. The lowest BCUT2D eigenvalue weighted by Gasteiger charge is -2.40. The minimum atomic E-state index is -0.253. The molecule has 2 saturated heterocycles. The van der Waals surface area contributed by atoms with Crippen LogP contribution in [-0.4, -0.2) is 64.5 Å². The van der Waals surface area contributed by atoms with Gasteiger partial charge in [-0.1, -0.05) is 24.3 Å². The SMILES string of the molecule is Cc1cccc(N2CCN(C(=O)[C@@H]3CCCN(Cc4nc5ccccc5n4-c4ccc(F)cc4)C3)CC2)c1C. The van der Waals surface area contributed by atoms with Crippen molar-refractivity contribution in [3.8, 4) is 5.69 Å². The minimum absolute atomic E-state index is 0.00894. The number of fused-ring (bicyclic) bond motifs is 1. The Labute approximate surface area is 229 Å². The fourth-order valence-corrected chi connectivity index (χ4v) is 6.17. The van der Waals surface area contributed by atoms with Gasteiger partial charge >= 0.3 is 0 Å². The van der Waals surface area contributed by atoms with Crippen molar-refractivity contribution in [3.05, 3.63) is 89.5 Å². The maximum atomic E-state index is 13.7. The molecule has 0 N–H and O–H groups in total. The van der Waals surface area contributed by atoms with E-state index in [4.69, 9.17) is 4.98 Å². The monoisotopic (exact) mass is 525 g/mol. The zero-order valence-electron chi connectivity index (χ0n) is 22.8. The molecule has 3 aromatic carbocycles. The van der Waals surface area contributed by atoms with Gasteiger partial charge in [-0.25, -0.2) is 9.37 Å². The number of piperazine rings is 1. The van der Waals surface area contributed by atoms with E-state index >= 15 is 0 Å². The number of benzene rings is 3. The largest absolute Gasteiger partial charge is 0.368 e. The number of carbonyl (C=O) groups excluding carboxylic acids is 1. The van der Waals surface area contributed by atoms with Crippen LogP contribution in [0.4, 0.5) is 10.1 Å². The first-order valence-corrected chi connectivity index (χ1v) is 14.0. The Balaban J connectivity index is 1.14. The molecule has 0 spiro atoms. The molecule has 4 aromatic rings. The summed E-state index contributed by atoms with van der Waals surface area (Å²) >= 11 is 0. The Bertz CT molecular complexity index is 1470. The van der Waals surface area contributed by atoms with Gasteiger partial charge in [-0.15, -0.1) is 0 Å². The lowest BCUT2D eigenvalue weighted by molar-refractivity contribution is -0.137. The highest BCUT2D eigenvalue weighted by Gasteiger charge is 2.32. The van der Waals surface area contributed by atoms with Crippen molar-refractivity contribution in [1.29, 1.82) is 0 Å². The summed E-state index contributed by atoms with van der Waals surface area (Å²) < 4.78 is 15.8. The molecule has 1 atom stereocenters. The average Bonchev–Trinajstić information content (AvgIpc) is 3.32. The van der Waals surface area contributed by atoms with Crippen LogP contribution in [0.25, 0.3) is 16.7 Å². The first-order chi connectivity index (χ1) is 19.0.